The van der Waals surface area contributed by atoms with Crippen LogP contribution in [0.5, 0.6) is 5.75 Å². The first-order valence-electron chi connectivity index (χ1n) is 6.98. The number of phenolic OH excluding ortho intramolecular Hbond substituents is 1. The van der Waals surface area contributed by atoms with Crippen LogP contribution in [0.25, 0.3) is 16.3 Å². The number of aromatic hydroxyl groups is 1. The van der Waals surface area contributed by atoms with Crippen LogP contribution in [-0.2, 0) is 0 Å². The molecule has 0 aromatic heterocycles. The summed E-state index contributed by atoms with van der Waals surface area (Å²) in [5.74, 6) is 0.333. The molecule has 20 heavy (non-hydrogen) atoms. The van der Waals surface area contributed by atoms with E-state index in [1.807, 2.05) is 12.1 Å². The minimum absolute atomic E-state index is 0. The summed E-state index contributed by atoms with van der Waals surface area (Å²) in [4.78, 5) is 0. The van der Waals surface area contributed by atoms with Gasteiger partial charge in [-0.3, -0.25) is 0 Å². The molecule has 4 rings (SSSR count). The minimum atomic E-state index is 0. The molecule has 2 aliphatic rings. The molecule has 2 N–H and O–H groups in total. The molecule has 0 amide bonds. The van der Waals surface area contributed by atoms with Gasteiger partial charge in [0.1, 0.15) is 5.75 Å². The maximum atomic E-state index is 9.51. The lowest BCUT2D eigenvalue weighted by Gasteiger charge is -2.21. The van der Waals surface area contributed by atoms with E-state index in [2.05, 4.69) is 29.6 Å². The lowest BCUT2D eigenvalue weighted by Crippen LogP contribution is -2.31. The molecule has 1 fully saturated rings. The number of nitrogens with one attached hydrogen (secondary N) is 1. The molecule has 1 saturated heterocycles. The first-order valence-corrected chi connectivity index (χ1v) is 6.98. The van der Waals surface area contributed by atoms with E-state index in [0.29, 0.717) is 17.8 Å². The van der Waals surface area contributed by atoms with E-state index in [-0.39, 0.29) is 12.4 Å². The first-order chi connectivity index (χ1) is 9.28. The highest BCUT2D eigenvalue weighted by atomic mass is 35.5. The average molecular weight is 288 g/mol. The smallest absolute Gasteiger partial charge is 0.116 e. The number of phenols is 1. The molecular weight excluding hydrogens is 270 g/mol. The Balaban J connectivity index is 0.00000121. The second-order valence-corrected chi connectivity index (χ2v) is 5.69. The largest absolute Gasteiger partial charge is 0.508 e. The summed E-state index contributed by atoms with van der Waals surface area (Å²) in [6, 6.07) is 13.3. The van der Waals surface area contributed by atoms with Gasteiger partial charge in [-0.1, -0.05) is 24.3 Å². The molecule has 2 aromatic rings. The lowest BCUT2D eigenvalue weighted by atomic mass is 9.94. The zero-order valence-electron chi connectivity index (χ0n) is 11.2. The summed E-state index contributed by atoms with van der Waals surface area (Å²) in [7, 11) is 0. The number of benzene rings is 2. The van der Waals surface area contributed by atoms with Gasteiger partial charge in [0.05, 0.1) is 0 Å². The molecule has 2 unspecified atom stereocenters. The Labute approximate surface area is 124 Å². The maximum Gasteiger partial charge on any atom is 0.116 e. The van der Waals surface area contributed by atoms with Gasteiger partial charge in [0.25, 0.3) is 0 Å². The van der Waals surface area contributed by atoms with E-state index in [1.165, 1.54) is 29.4 Å². The molecule has 2 heterocycles. The van der Waals surface area contributed by atoms with Crippen LogP contribution in [0.4, 0.5) is 0 Å². The summed E-state index contributed by atoms with van der Waals surface area (Å²) in [5, 5.41) is 15.4. The van der Waals surface area contributed by atoms with E-state index in [0.717, 1.165) is 11.8 Å². The molecule has 2 nitrogen and oxygen atoms in total. The second-order valence-electron chi connectivity index (χ2n) is 5.69. The fraction of sp³-hybridized carbons (Fsp3) is 0.294. The van der Waals surface area contributed by atoms with Crippen molar-refractivity contribution >= 4 is 28.8 Å². The summed E-state index contributed by atoms with van der Waals surface area (Å²) in [6.45, 7) is 0. The fourth-order valence-electron chi connectivity index (χ4n) is 3.37. The molecule has 0 spiro atoms. The lowest BCUT2D eigenvalue weighted by molar-refractivity contribution is 0.476. The van der Waals surface area contributed by atoms with Crippen LogP contribution in [0.1, 0.15) is 24.8 Å². The third-order valence-corrected chi connectivity index (χ3v) is 4.34. The third kappa shape index (κ3) is 2.30. The van der Waals surface area contributed by atoms with Gasteiger partial charge in [0.15, 0.2) is 0 Å². The Morgan fingerprint density at radius 2 is 1.80 bits per heavy atom. The van der Waals surface area contributed by atoms with E-state index < -0.39 is 0 Å². The monoisotopic (exact) mass is 287 g/mol. The zero-order chi connectivity index (χ0) is 12.8. The quantitative estimate of drug-likeness (QED) is 0.834. The van der Waals surface area contributed by atoms with Crippen molar-refractivity contribution < 1.29 is 5.11 Å². The van der Waals surface area contributed by atoms with Crippen molar-refractivity contribution in [1.29, 1.82) is 0 Å². The molecule has 0 radical (unpaired) electrons. The van der Waals surface area contributed by atoms with Crippen molar-refractivity contribution in [3.63, 3.8) is 0 Å². The third-order valence-electron chi connectivity index (χ3n) is 4.34. The van der Waals surface area contributed by atoms with Crippen LogP contribution in [0.2, 0.25) is 0 Å². The summed E-state index contributed by atoms with van der Waals surface area (Å²) in [6.07, 6.45) is 6.10. The Morgan fingerprint density at radius 1 is 1.00 bits per heavy atom. The second kappa shape index (κ2) is 5.12. The van der Waals surface area contributed by atoms with E-state index in [9.17, 15) is 5.11 Å². The minimum Gasteiger partial charge on any atom is -0.508 e. The van der Waals surface area contributed by atoms with Gasteiger partial charge in [-0.2, -0.15) is 0 Å². The van der Waals surface area contributed by atoms with Crippen molar-refractivity contribution in [2.45, 2.75) is 31.3 Å². The number of rotatable bonds is 1. The predicted molar refractivity (Wildman–Crippen MR) is 85.4 cm³/mol. The van der Waals surface area contributed by atoms with Gasteiger partial charge < -0.3 is 10.4 Å². The van der Waals surface area contributed by atoms with Crippen LogP contribution in [0, 0.1) is 0 Å². The van der Waals surface area contributed by atoms with E-state index in [1.54, 1.807) is 6.07 Å². The molecule has 0 saturated carbocycles. The SMILES string of the molecule is Cl.Oc1ccc2cc(C3=CC4CCC(C3)N4)ccc2c1. The van der Waals surface area contributed by atoms with Crippen molar-refractivity contribution in [2.75, 3.05) is 0 Å². The molecule has 2 aromatic carbocycles. The molecule has 104 valence electrons. The average Bonchev–Trinajstić information content (AvgIpc) is 2.77. The molecule has 0 aliphatic carbocycles. The normalized spacial score (nSPS) is 24.3. The standard InChI is InChI=1S/C17H17NO.ClH/c19-17-6-3-11-7-12(1-2-13(11)10-17)14-8-15-4-5-16(9-14)18-15;/h1-3,6-8,10,15-16,18-19H,4-5,9H2;1H. The van der Waals surface area contributed by atoms with Gasteiger partial charge in [-0.15, -0.1) is 12.4 Å². The van der Waals surface area contributed by atoms with E-state index in [4.69, 9.17) is 0 Å². The topological polar surface area (TPSA) is 32.3 Å². The first kappa shape index (κ1) is 13.5. The van der Waals surface area contributed by atoms with Gasteiger partial charge in [-0.25, -0.2) is 0 Å². The summed E-state index contributed by atoms with van der Waals surface area (Å²) >= 11 is 0. The highest BCUT2D eigenvalue weighted by Gasteiger charge is 2.28. The van der Waals surface area contributed by atoms with Crippen molar-refractivity contribution in [3.8, 4) is 5.75 Å². The van der Waals surface area contributed by atoms with Crippen LogP contribution in [0.15, 0.2) is 42.5 Å². The van der Waals surface area contributed by atoms with Crippen molar-refractivity contribution in [2.24, 2.45) is 0 Å². The predicted octanol–water partition coefficient (Wildman–Crippen LogP) is 3.87. The van der Waals surface area contributed by atoms with Crippen LogP contribution < -0.4 is 5.32 Å². The number of halogens is 1. The number of hydrogen-bond acceptors (Lipinski definition) is 2. The highest BCUT2D eigenvalue weighted by Crippen LogP contribution is 2.33. The number of hydrogen-bond donors (Lipinski definition) is 2. The summed E-state index contributed by atoms with van der Waals surface area (Å²) in [5.41, 5.74) is 2.80. The molecular formula is C17H18ClNO. The molecule has 3 heteroatoms. The van der Waals surface area contributed by atoms with Gasteiger partial charge >= 0.3 is 0 Å². The Hall–Kier alpha value is -1.51. The molecule has 2 bridgehead atoms. The van der Waals surface area contributed by atoms with Crippen molar-refractivity contribution in [1.82, 2.24) is 5.32 Å². The molecule has 2 aliphatic heterocycles. The summed E-state index contributed by atoms with van der Waals surface area (Å²) < 4.78 is 0. The Morgan fingerprint density at radius 3 is 2.65 bits per heavy atom. The Bertz CT molecular complexity index is 680. The van der Waals surface area contributed by atoms with Gasteiger partial charge in [0, 0.05) is 12.1 Å². The van der Waals surface area contributed by atoms with Gasteiger partial charge in [-0.05, 0) is 59.4 Å². The van der Waals surface area contributed by atoms with Crippen LogP contribution >= 0.6 is 12.4 Å². The van der Waals surface area contributed by atoms with Crippen LogP contribution in [-0.4, -0.2) is 17.2 Å². The fourth-order valence-corrected chi connectivity index (χ4v) is 3.37. The molecule has 2 atom stereocenters. The van der Waals surface area contributed by atoms with Gasteiger partial charge in [0.2, 0.25) is 0 Å². The van der Waals surface area contributed by atoms with Crippen molar-refractivity contribution in [3.05, 3.63) is 48.0 Å². The van der Waals surface area contributed by atoms with E-state index >= 15 is 0 Å². The maximum absolute atomic E-state index is 9.51. The Kier molecular flexibility index (Phi) is 3.45. The van der Waals surface area contributed by atoms with Crippen LogP contribution in [0.3, 0.4) is 0 Å². The number of fused-ring (bicyclic) bond motifs is 3. The zero-order valence-corrected chi connectivity index (χ0v) is 12.0. The highest BCUT2D eigenvalue weighted by molar-refractivity contribution is 5.87.